The van der Waals surface area contributed by atoms with Gasteiger partial charge in [-0.05, 0) is 31.2 Å². The minimum Gasteiger partial charge on any atom is -0.291 e. The first-order chi connectivity index (χ1) is 12.2. The van der Waals surface area contributed by atoms with Crippen LogP contribution in [0.15, 0.2) is 47.6 Å². The van der Waals surface area contributed by atoms with Gasteiger partial charge >= 0.3 is 0 Å². The molecular weight excluding hydrogens is 319 g/mol. The van der Waals surface area contributed by atoms with Crippen LogP contribution in [0.1, 0.15) is 18.2 Å². The van der Waals surface area contributed by atoms with Crippen molar-refractivity contribution in [2.75, 3.05) is 7.05 Å². The molecule has 3 aromatic heterocycles. The number of benzene rings is 1. The maximum Gasteiger partial charge on any atom is 0.179 e. The standard InChI is InChI=1S/C18H15FN6/c1-11(20-2)15-5-6-16-18(22-15)25(24-23-16)10-13-8-12-4-3-7-21-17(12)9-14(13)19/h3-9H,10H2,1-2H3. The Balaban J connectivity index is 1.79. The zero-order valence-electron chi connectivity index (χ0n) is 13.8. The Morgan fingerprint density at radius 1 is 1.20 bits per heavy atom. The van der Waals surface area contributed by atoms with Gasteiger partial charge in [-0.2, -0.15) is 0 Å². The van der Waals surface area contributed by atoms with Gasteiger partial charge in [0.05, 0.1) is 23.5 Å². The predicted octanol–water partition coefficient (Wildman–Crippen LogP) is 3.00. The lowest BCUT2D eigenvalue weighted by Gasteiger charge is -2.06. The Bertz CT molecular complexity index is 1120. The van der Waals surface area contributed by atoms with E-state index in [0.29, 0.717) is 22.2 Å². The number of rotatable bonds is 3. The first-order valence-electron chi connectivity index (χ1n) is 7.83. The van der Waals surface area contributed by atoms with Crippen molar-refractivity contribution in [1.29, 1.82) is 0 Å². The number of aromatic nitrogens is 5. The molecule has 0 spiro atoms. The van der Waals surface area contributed by atoms with Gasteiger partial charge in [-0.15, -0.1) is 5.10 Å². The van der Waals surface area contributed by atoms with Crippen LogP contribution in [0.4, 0.5) is 4.39 Å². The molecule has 0 radical (unpaired) electrons. The minimum absolute atomic E-state index is 0.242. The van der Waals surface area contributed by atoms with Gasteiger partial charge in [0, 0.05) is 30.3 Å². The van der Waals surface area contributed by atoms with Crippen LogP contribution in [0, 0.1) is 5.82 Å². The molecule has 0 unspecified atom stereocenters. The average molecular weight is 334 g/mol. The Labute approximate surface area is 143 Å². The Morgan fingerprint density at radius 2 is 2.08 bits per heavy atom. The predicted molar refractivity (Wildman–Crippen MR) is 94.3 cm³/mol. The summed E-state index contributed by atoms with van der Waals surface area (Å²) in [5.74, 6) is -0.322. The van der Waals surface area contributed by atoms with Crippen LogP contribution in [0.5, 0.6) is 0 Å². The highest BCUT2D eigenvalue weighted by Gasteiger charge is 2.12. The molecule has 25 heavy (non-hydrogen) atoms. The summed E-state index contributed by atoms with van der Waals surface area (Å²) in [7, 11) is 1.72. The molecule has 0 saturated heterocycles. The second-order valence-electron chi connectivity index (χ2n) is 5.74. The van der Waals surface area contributed by atoms with E-state index in [2.05, 4.69) is 25.3 Å². The second kappa shape index (κ2) is 6.01. The number of nitrogens with zero attached hydrogens (tertiary/aromatic N) is 6. The smallest absolute Gasteiger partial charge is 0.179 e. The molecule has 4 rings (SSSR count). The normalized spacial score (nSPS) is 12.2. The van der Waals surface area contributed by atoms with E-state index in [4.69, 9.17) is 0 Å². The Morgan fingerprint density at radius 3 is 2.92 bits per heavy atom. The summed E-state index contributed by atoms with van der Waals surface area (Å²) in [6.45, 7) is 2.13. The maximum absolute atomic E-state index is 14.4. The third-order valence-corrected chi connectivity index (χ3v) is 4.16. The van der Waals surface area contributed by atoms with Crippen LogP contribution in [0.2, 0.25) is 0 Å². The van der Waals surface area contributed by atoms with Crippen LogP contribution < -0.4 is 0 Å². The van der Waals surface area contributed by atoms with Crippen molar-refractivity contribution in [1.82, 2.24) is 25.0 Å². The number of hydrogen-bond acceptors (Lipinski definition) is 5. The topological polar surface area (TPSA) is 68.8 Å². The lowest BCUT2D eigenvalue weighted by molar-refractivity contribution is 0.583. The van der Waals surface area contributed by atoms with Crippen molar-refractivity contribution in [2.24, 2.45) is 4.99 Å². The van der Waals surface area contributed by atoms with E-state index in [1.807, 2.05) is 31.2 Å². The summed E-state index contributed by atoms with van der Waals surface area (Å²) in [6, 6.07) is 10.7. The molecule has 6 nitrogen and oxygen atoms in total. The van der Waals surface area contributed by atoms with E-state index in [0.717, 1.165) is 16.8 Å². The molecule has 0 bridgehead atoms. The molecule has 0 aliphatic carbocycles. The Hall–Kier alpha value is -3.22. The van der Waals surface area contributed by atoms with E-state index in [1.54, 1.807) is 24.0 Å². The largest absolute Gasteiger partial charge is 0.291 e. The first-order valence-corrected chi connectivity index (χ1v) is 7.83. The third-order valence-electron chi connectivity index (χ3n) is 4.16. The average Bonchev–Trinajstić information content (AvgIpc) is 3.04. The van der Waals surface area contributed by atoms with Crippen LogP contribution in [0.3, 0.4) is 0 Å². The van der Waals surface area contributed by atoms with Crippen molar-refractivity contribution in [2.45, 2.75) is 13.5 Å². The van der Waals surface area contributed by atoms with Crippen molar-refractivity contribution in [3.05, 3.63) is 59.7 Å². The number of aliphatic imine (C=N–C) groups is 1. The highest BCUT2D eigenvalue weighted by molar-refractivity contribution is 5.98. The molecule has 0 N–H and O–H groups in total. The van der Waals surface area contributed by atoms with Gasteiger partial charge in [-0.25, -0.2) is 14.1 Å². The fraction of sp³-hybridized carbons (Fsp3) is 0.167. The molecular formula is C18H15FN6. The van der Waals surface area contributed by atoms with Gasteiger partial charge in [-0.3, -0.25) is 9.98 Å². The summed E-state index contributed by atoms with van der Waals surface area (Å²) in [5, 5.41) is 9.11. The molecule has 0 aliphatic heterocycles. The molecule has 7 heteroatoms. The maximum atomic E-state index is 14.4. The lowest BCUT2D eigenvalue weighted by atomic mass is 10.1. The lowest BCUT2D eigenvalue weighted by Crippen LogP contribution is -2.07. The Kier molecular flexibility index (Phi) is 3.68. The summed E-state index contributed by atoms with van der Waals surface area (Å²) in [4.78, 5) is 12.9. The zero-order valence-corrected chi connectivity index (χ0v) is 13.8. The van der Waals surface area contributed by atoms with Crippen molar-refractivity contribution in [3.8, 4) is 0 Å². The highest BCUT2D eigenvalue weighted by atomic mass is 19.1. The van der Waals surface area contributed by atoms with Gasteiger partial charge in [0.1, 0.15) is 11.3 Å². The van der Waals surface area contributed by atoms with Crippen molar-refractivity contribution >= 4 is 27.8 Å². The monoisotopic (exact) mass is 334 g/mol. The molecule has 4 aromatic rings. The molecule has 0 atom stereocenters. The number of fused-ring (bicyclic) bond motifs is 2. The number of halogens is 1. The van der Waals surface area contributed by atoms with Gasteiger partial charge < -0.3 is 0 Å². The SMILES string of the molecule is CN=C(C)c1ccc2nnn(Cc3cc4cccnc4cc3F)c2n1. The van der Waals surface area contributed by atoms with Crippen molar-refractivity contribution < 1.29 is 4.39 Å². The number of pyridine rings is 2. The summed E-state index contributed by atoms with van der Waals surface area (Å²) in [6.07, 6.45) is 1.65. The van der Waals surface area contributed by atoms with Gasteiger partial charge in [0.25, 0.3) is 0 Å². The van der Waals surface area contributed by atoms with E-state index < -0.39 is 0 Å². The van der Waals surface area contributed by atoms with Gasteiger partial charge in [0.2, 0.25) is 0 Å². The molecule has 124 valence electrons. The van der Waals surface area contributed by atoms with Crippen molar-refractivity contribution in [3.63, 3.8) is 0 Å². The van der Waals surface area contributed by atoms with E-state index in [-0.39, 0.29) is 12.4 Å². The highest BCUT2D eigenvalue weighted by Crippen LogP contribution is 2.19. The quantitative estimate of drug-likeness (QED) is 0.540. The molecule has 0 amide bonds. The van der Waals surface area contributed by atoms with Crippen LogP contribution >= 0.6 is 0 Å². The summed E-state index contributed by atoms with van der Waals surface area (Å²) >= 11 is 0. The fourth-order valence-corrected chi connectivity index (χ4v) is 2.70. The fourth-order valence-electron chi connectivity index (χ4n) is 2.70. The van der Waals surface area contributed by atoms with E-state index in [9.17, 15) is 4.39 Å². The van der Waals surface area contributed by atoms with E-state index in [1.165, 1.54) is 6.07 Å². The van der Waals surface area contributed by atoms with Gasteiger partial charge in [0.15, 0.2) is 5.65 Å². The summed E-state index contributed by atoms with van der Waals surface area (Å²) in [5.41, 5.74) is 3.98. The van der Waals surface area contributed by atoms with Crippen LogP contribution in [-0.2, 0) is 6.54 Å². The molecule has 0 saturated carbocycles. The summed E-state index contributed by atoms with van der Waals surface area (Å²) < 4.78 is 16.0. The van der Waals surface area contributed by atoms with Crippen LogP contribution in [0.25, 0.3) is 22.1 Å². The number of hydrogen-bond donors (Lipinski definition) is 0. The van der Waals surface area contributed by atoms with E-state index >= 15 is 0 Å². The molecule has 0 fully saturated rings. The second-order valence-corrected chi connectivity index (χ2v) is 5.74. The third kappa shape index (κ3) is 2.73. The molecule has 1 aromatic carbocycles. The molecule has 3 heterocycles. The van der Waals surface area contributed by atoms with Gasteiger partial charge in [-0.1, -0.05) is 11.3 Å². The first kappa shape index (κ1) is 15.3. The molecule has 0 aliphatic rings. The zero-order chi connectivity index (χ0) is 17.4. The van der Waals surface area contributed by atoms with Crippen LogP contribution in [-0.4, -0.2) is 37.7 Å². The minimum atomic E-state index is -0.322.